The van der Waals surface area contributed by atoms with Crippen LogP contribution in [-0.2, 0) is 6.54 Å². The Morgan fingerprint density at radius 1 is 1.16 bits per heavy atom. The van der Waals surface area contributed by atoms with Crippen LogP contribution in [0.15, 0.2) is 36.7 Å². The van der Waals surface area contributed by atoms with Gasteiger partial charge in [-0.15, -0.1) is 0 Å². The number of ether oxygens (including phenoxy) is 2. The van der Waals surface area contributed by atoms with Crippen LogP contribution in [0, 0.1) is 6.92 Å². The van der Waals surface area contributed by atoms with Gasteiger partial charge in [-0.25, -0.2) is 9.78 Å². The summed E-state index contributed by atoms with van der Waals surface area (Å²) in [5.41, 5.74) is 3.95. The molecule has 0 aliphatic carbocycles. The second-order valence-electron chi connectivity index (χ2n) is 8.27. The maximum absolute atomic E-state index is 13.4. The van der Waals surface area contributed by atoms with E-state index in [0.717, 1.165) is 60.1 Å². The van der Waals surface area contributed by atoms with Crippen molar-refractivity contribution in [3.05, 3.63) is 47.8 Å². The molecule has 1 N–H and O–H groups in total. The van der Waals surface area contributed by atoms with Crippen molar-refractivity contribution in [3.8, 4) is 11.5 Å². The summed E-state index contributed by atoms with van der Waals surface area (Å²) >= 11 is 0. The molecular formula is C25H32N4O3. The minimum Gasteiger partial charge on any atom is -0.493 e. The highest BCUT2D eigenvalue weighted by atomic mass is 16.5. The third kappa shape index (κ3) is 4.52. The largest absolute Gasteiger partial charge is 0.493 e. The van der Waals surface area contributed by atoms with Crippen molar-refractivity contribution in [2.24, 2.45) is 0 Å². The first-order chi connectivity index (χ1) is 15.6. The van der Waals surface area contributed by atoms with Gasteiger partial charge in [-0.1, -0.05) is 19.8 Å². The Morgan fingerprint density at radius 3 is 2.84 bits per heavy atom. The lowest BCUT2D eigenvalue weighted by Crippen LogP contribution is -2.49. The topological polar surface area (TPSA) is 70.7 Å². The Bertz CT molecular complexity index is 1080. The fourth-order valence-electron chi connectivity index (χ4n) is 4.29. The summed E-state index contributed by atoms with van der Waals surface area (Å²) in [4.78, 5) is 24.8. The molecule has 3 heterocycles. The number of benzene rings is 1. The van der Waals surface area contributed by atoms with Gasteiger partial charge in [0, 0.05) is 49.2 Å². The van der Waals surface area contributed by atoms with Crippen molar-refractivity contribution < 1.29 is 14.3 Å². The lowest BCUT2D eigenvalue weighted by molar-refractivity contribution is 0.192. The Balaban J connectivity index is 1.53. The average Bonchev–Trinajstić information content (AvgIpc) is 3.20. The molecule has 7 heteroatoms. The predicted molar refractivity (Wildman–Crippen MR) is 127 cm³/mol. The number of carbonyl (C=O) groups is 1. The highest BCUT2D eigenvalue weighted by Gasteiger charge is 2.28. The molecule has 0 spiro atoms. The highest BCUT2D eigenvalue weighted by Crippen LogP contribution is 2.33. The lowest BCUT2D eigenvalue weighted by atomic mass is 10.1. The first-order valence-electron chi connectivity index (χ1n) is 11.4. The Morgan fingerprint density at radius 2 is 2.03 bits per heavy atom. The summed E-state index contributed by atoms with van der Waals surface area (Å²) in [6.07, 6.45) is 7.94. The zero-order chi connectivity index (χ0) is 22.5. The third-order valence-electron chi connectivity index (χ3n) is 5.99. The molecular weight excluding hydrogens is 404 g/mol. The van der Waals surface area contributed by atoms with Gasteiger partial charge >= 0.3 is 6.03 Å². The molecule has 7 nitrogen and oxygen atoms in total. The maximum atomic E-state index is 13.4. The van der Waals surface area contributed by atoms with E-state index in [4.69, 9.17) is 9.47 Å². The van der Waals surface area contributed by atoms with Crippen molar-refractivity contribution in [2.45, 2.75) is 46.1 Å². The minimum absolute atomic E-state index is 0.0106. The molecule has 32 heavy (non-hydrogen) atoms. The molecule has 1 aliphatic rings. The van der Waals surface area contributed by atoms with Gasteiger partial charge in [0.15, 0.2) is 11.5 Å². The fourth-order valence-corrected chi connectivity index (χ4v) is 4.29. The van der Waals surface area contributed by atoms with Gasteiger partial charge in [0.2, 0.25) is 0 Å². The number of nitrogens with zero attached hydrogens (tertiary/aromatic N) is 3. The van der Waals surface area contributed by atoms with E-state index in [1.54, 1.807) is 13.3 Å². The molecule has 0 unspecified atom stereocenters. The zero-order valence-electron chi connectivity index (χ0n) is 19.2. The van der Waals surface area contributed by atoms with Gasteiger partial charge in [0.1, 0.15) is 5.65 Å². The number of nitrogens with one attached hydrogen (secondary N) is 1. The highest BCUT2D eigenvalue weighted by molar-refractivity contribution is 5.93. The second-order valence-corrected chi connectivity index (χ2v) is 8.27. The van der Waals surface area contributed by atoms with Crippen LogP contribution in [0.2, 0.25) is 0 Å². The zero-order valence-corrected chi connectivity index (χ0v) is 19.2. The van der Waals surface area contributed by atoms with E-state index in [1.165, 1.54) is 0 Å². The lowest BCUT2D eigenvalue weighted by Gasteiger charge is -2.36. The smallest absolute Gasteiger partial charge is 0.324 e. The molecule has 4 rings (SSSR count). The van der Waals surface area contributed by atoms with Crippen LogP contribution < -0.4 is 14.4 Å². The molecule has 2 amide bonds. The van der Waals surface area contributed by atoms with Gasteiger partial charge in [-0.3, -0.25) is 4.90 Å². The molecule has 0 saturated carbocycles. The monoisotopic (exact) mass is 436 g/mol. The normalized spacial score (nSPS) is 14.3. The van der Waals surface area contributed by atoms with Gasteiger partial charge in [-0.05, 0) is 49.1 Å². The van der Waals surface area contributed by atoms with Crippen molar-refractivity contribution >= 4 is 22.8 Å². The summed E-state index contributed by atoms with van der Waals surface area (Å²) < 4.78 is 11.5. The van der Waals surface area contributed by atoms with E-state index in [9.17, 15) is 4.79 Å². The first kappa shape index (κ1) is 22.0. The number of aryl methyl sites for hydroxylation is 1. The molecule has 2 aromatic heterocycles. The van der Waals surface area contributed by atoms with Crippen LogP contribution in [-0.4, -0.2) is 47.7 Å². The summed E-state index contributed by atoms with van der Waals surface area (Å²) in [6, 6.07) is 7.75. The Labute approximate surface area is 189 Å². The number of unbranched alkanes of at least 4 members (excludes halogenated alkanes) is 2. The summed E-state index contributed by atoms with van der Waals surface area (Å²) in [5, 5.41) is 1.10. The van der Waals surface area contributed by atoms with Crippen LogP contribution in [0.4, 0.5) is 10.5 Å². The van der Waals surface area contributed by atoms with Crippen molar-refractivity contribution in [2.75, 3.05) is 31.7 Å². The third-order valence-corrected chi connectivity index (χ3v) is 5.99. The average molecular weight is 437 g/mol. The Hall–Kier alpha value is -3.22. The minimum atomic E-state index is 0.0106. The van der Waals surface area contributed by atoms with Gasteiger partial charge in [-0.2, -0.15) is 0 Å². The molecule has 3 aromatic rings. The molecule has 1 aromatic carbocycles. The van der Waals surface area contributed by atoms with E-state index < -0.39 is 0 Å². The number of anilines is 1. The number of amides is 2. The molecule has 1 aliphatic heterocycles. The summed E-state index contributed by atoms with van der Waals surface area (Å²) in [6.45, 7) is 6.85. The van der Waals surface area contributed by atoms with Crippen LogP contribution in [0.1, 0.15) is 43.7 Å². The van der Waals surface area contributed by atoms with E-state index in [1.807, 2.05) is 40.3 Å². The second kappa shape index (κ2) is 9.94. The van der Waals surface area contributed by atoms with Crippen LogP contribution in [0.25, 0.3) is 11.0 Å². The number of rotatable bonds is 9. The number of urea groups is 1. The fraction of sp³-hybridized carbons (Fsp3) is 0.440. The van der Waals surface area contributed by atoms with Crippen molar-refractivity contribution in [1.29, 1.82) is 0 Å². The van der Waals surface area contributed by atoms with E-state index in [2.05, 4.69) is 23.8 Å². The summed E-state index contributed by atoms with van der Waals surface area (Å²) in [7, 11) is 1.64. The number of aromatic nitrogens is 2. The number of hydrogen-bond donors (Lipinski definition) is 1. The van der Waals surface area contributed by atoms with Gasteiger partial charge in [0.05, 0.1) is 13.7 Å². The van der Waals surface area contributed by atoms with Gasteiger partial charge < -0.3 is 19.4 Å². The van der Waals surface area contributed by atoms with E-state index in [0.29, 0.717) is 31.2 Å². The van der Waals surface area contributed by atoms with Crippen LogP contribution in [0.5, 0.6) is 11.5 Å². The molecule has 0 radical (unpaired) electrons. The van der Waals surface area contributed by atoms with Gasteiger partial charge in [0.25, 0.3) is 0 Å². The number of pyridine rings is 1. The quantitative estimate of drug-likeness (QED) is 0.463. The van der Waals surface area contributed by atoms with E-state index in [-0.39, 0.29) is 6.03 Å². The number of hydrogen-bond acceptors (Lipinski definition) is 4. The van der Waals surface area contributed by atoms with Crippen LogP contribution in [0.3, 0.4) is 0 Å². The summed E-state index contributed by atoms with van der Waals surface area (Å²) in [5.74, 6) is 1.37. The molecule has 170 valence electrons. The molecule has 0 bridgehead atoms. The van der Waals surface area contributed by atoms with Crippen LogP contribution >= 0.6 is 0 Å². The molecule has 0 atom stereocenters. The Kier molecular flexibility index (Phi) is 6.83. The number of fused-ring (bicyclic) bond motifs is 1. The molecule has 1 saturated heterocycles. The standard InChI is InChI=1S/C25H32N4O3/c1-4-5-6-14-32-22-15-20(8-9-21(22)31-3)29-13-7-12-28(25(29)30)17-19-10-11-26-24-23(19)18(2)16-27-24/h8-11,15-16H,4-7,12-14,17H2,1-3H3,(H,26,27). The number of carbonyl (C=O) groups excluding carboxylic acids is 1. The predicted octanol–water partition coefficient (Wildman–Crippen LogP) is 5.28. The number of H-pyrrole nitrogens is 1. The van der Waals surface area contributed by atoms with Crippen molar-refractivity contribution in [3.63, 3.8) is 0 Å². The number of aromatic amines is 1. The van der Waals surface area contributed by atoms with E-state index >= 15 is 0 Å². The maximum Gasteiger partial charge on any atom is 0.324 e. The number of methoxy groups -OCH3 is 1. The van der Waals surface area contributed by atoms with Crippen molar-refractivity contribution in [1.82, 2.24) is 14.9 Å². The SMILES string of the molecule is CCCCCOc1cc(N2CCCN(Cc3ccnc4[nH]cc(C)c34)C2=O)ccc1OC. The molecule has 1 fully saturated rings. The first-order valence-corrected chi connectivity index (χ1v) is 11.4.